The van der Waals surface area contributed by atoms with E-state index in [4.69, 9.17) is 9.05 Å². The predicted molar refractivity (Wildman–Crippen MR) is 306 cm³/mol. The van der Waals surface area contributed by atoms with Gasteiger partial charge in [-0.1, -0.05) is 246 Å². The molecule has 410 valence electrons. The second-order valence-corrected chi connectivity index (χ2v) is 22.0. The largest absolute Gasteiger partial charge is 0.756 e. The van der Waals surface area contributed by atoms with Crippen molar-refractivity contribution in [2.24, 2.45) is 0 Å². The van der Waals surface area contributed by atoms with Crippen LogP contribution in [0.15, 0.2) is 97.2 Å². The lowest BCUT2D eigenvalue weighted by molar-refractivity contribution is -0.870. The quantitative estimate of drug-likeness (QED) is 0.0272. The number of phosphoric ester groups is 1. The molecule has 0 aromatic rings. The predicted octanol–water partition coefficient (Wildman–Crippen LogP) is 17.2. The minimum atomic E-state index is -4.62. The fourth-order valence-corrected chi connectivity index (χ4v) is 8.72. The van der Waals surface area contributed by atoms with E-state index in [1.165, 1.54) is 128 Å². The van der Waals surface area contributed by atoms with Crippen LogP contribution in [0.25, 0.3) is 0 Å². The van der Waals surface area contributed by atoms with Gasteiger partial charge in [0.1, 0.15) is 13.2 Å². The number of phosphoric acid groups is 1. The van der Waals surface area contributed by atoms with Crippen LogP contribution < -0.4 is 10.2 Å². The van der Waals surface area contributed by atoms with Crippen LogP contribution in [-0.4, -0.2) is 68.5 Å². The molecule has 0 rings (SSSR count). The highest BCUT2D eigenvalue weighted by Gasteiger charge is 2.23. The fraction of sp³-hybridized carbons (Fsp3) is 0.726. The van der Waals surface area contributed by atoms with E-state index in [0.717, 1.165) is 89.9 Å². The van der Waals surface area contributed by atoms with E-state index in [1.54, 1.807) is 6.08 Å². The molecule has 71 heavy (non-hydrogen) atoms. The molecule has 0 spiro atoms. The van der Waals surface area contributed by atoms with Crippen molar-refractivity contribution >= 4 is 13.7 Å². The Labute approximate surface area is 439 Å². The number of carbonyl (C=O) groups is 1. The average Bonchev–Trinajstić information content (AvgIpc) is 3.33. The van der Waals surface area contributed by atoms with Crippen LogP contribution in [0.2, 0.25) is 0 Å². The molecule has 1 amide bonds. The molecule has 3 unspecified atom stereocenters. The molecule has 0 radical (unpaired) electrons. The number of allylic oxidation sites excluding steroid dienone is 15. The molecular weight excluding hydrogens is 900 g/mol. The van der Waals surface area contributed by atoms with Gasteiger partial charge in [0.05, 0.1) is 39.9 Å². The van der Waals surface area contributed by atoms with E-state index in [0.29, 0.717) is 17.4 Å². The SMILES string of the molecule is CC/C=C\C/C=C\C/C=C\C/C=C\C/C=C\C/C=C\CCCCCCCCCCC(=O)NC(COP(=O)([O-])OCC[N+](C)(C)C)C(O)/C=C/CC/C=C/CCCCCCCCCCCCCCCCCC. The zero-order valence-electron chi connectivity index (χ0n) is 46.6. The smallest absolute Gasteiger partial charge is 0.268 e. The van der Waals surface area contributed by atoms with Crippen molar-refractivity contribution in [3.05, 3.63) is 97.2 Å². The topological polar surface area (TPSA) is 108 Å². The van der Waals surface area contributed by atoms with E-state index in [9.17, 15) is 19.4 Å². The molecule has 0 fully saturated rings. The lowest BCUT2D eigenvalue weighted by Gasteiger charge is -2.29. The van der Waals surface area contributed by atoms with Gasteiger partial charge in [0.25, 0.3) is 7.82 Å². The molecule has 0 heterocycles. The lowest BCUT2D eigenvalue weighted by Crippen LogP contribution is -2.45. The first kappa shape index (κ1) is 68.4. The maximum absolute atomic E-state index is 13.0. The summed E-state index contributed by atoms with van der Waals surface area (Å²) in [7, 11) is 1.23. The van der Waals surface area contributed by atoms with Gasteiger partial charge in [0, 0.05) is 6.42 Å². The van der Waals surface area contributed by atoms with Crippen molar-refractivity contribution in [3.8, 4) is 0 Å². The zero-order chi connectivity index (χ0) is 52.0. The number of unbranched alkanes of at least 4 members (excludes halogenated alkanes) is 25. The highest BCUT2D eigenvalue weighted by atomic mass is 31.2. The summed E-state index contributed by atoms with van der Waals surface area (Å²) in [6.07, 6.45) is 74.8. The number of carbonyl (C=O) groups excluding carboxylic acids is 1. The van der Waals surface area contributed by atoms with Crippen LogP contribution in [0, 0.1) is 0 Å². The Hall–Kier alpha value is -2.58. The van der Waals surface area contributed by atoms with Gasteiger partial charge in [-0.2, -0.15) is 0 Å². The molecule has 8 nitrogen and oxygen atoms in total. The van der Waals surface area contributed by atoms with E-state index in [-0.39, 0.29) is 12.5 Å². The first-order valence-corrected chi connectivity index (χ1v) is 30.6. The van der Waals surface area contributed by atoms with E-state index in [1.807, 2.05) is 27.2 Å². The third-order valence-electron chi connectivity index (χ3n) is 12.5. The number of hydrogen-bond donors (Lipinski definition) is 2. The van der Waals surface area contributed by atoms with Crippen LogP contribution in [0.3, 0.4) is 0 Å². The third kappa shape index (κ3) is 55.0. The van der Waals surface area contributed by atoms with Gasteiger partial charge in [-0.15, -0.1) is 0 Å². The molecular formula is C62H111N2O6P. The van der Waals surface area contributed by atoms with Crippen molar-refractivity contribution in [3.63, 3.8) is 0 Å². The molecule has 0 aliphatic heterocycles. The van der Waals surface area contributed by atoms with Crippen LogP contribution in [0.5, 0.6) is 0 Å². The molecule has 3 atom stereocenters. The number of aliphatic hydroxyl groups excluding tert-OH is 1. The van der Waals surface area contributed by atoms with Crippen LogP contribution in [0.4, 0.5) is 0 Å². The highest BCUT2D eigenvalue weighted by Crippen LogP contribution is 2.38. The Kier molecular flexibility index (Phi) is 50.4. The summed E-state index contributed by atoms with van der Waals surface area (Å²) in [5, 5.41) is 13.9. The van der Waals surface area contributed by atoms with Gasteiger partial charge in [-0.3, -0.25) is 9.36 Å². The summed E-state index contributed by atoms with van der Waals surface area (Å²) < 4.78 is 23.3. The lowest BCUT2D eigenvalue weighted by atomic mass is 10.0. The molecule has 2 N–H and O–H groups in total. The maximum atomic E-state index is 13.0. The summed E-state index contributed by atoms with van der Waals surface area (Å²) in [4.78, 5) is 25.5. The summed E-state index contributed by atoms with van der Waals surface area (Å²) in [6, 6.07) is -0.915. The normalized spacial score (nSPS) is 14.6. The summed E-state index contributed by atoms with van der Waals surface area (Å²) >= 11 is 0. The molecule has 9 heteroatoms. The molecule has 0 saturated carbocycles. The number of amides is 1. The number of aliphatic hydroxyl groups is 1. The maximum Gasteiger partial charge on any atom is 0.268 e. The standard InChI is InChI=1S/C62H111N2O6P/c1-6-8-10-12-14-16-18-20-22-24-26-28-30-31-32-33-34-36-38-40-42-44-46-48-50-52-54-56-62(66)63-60(59-70-71(67,68)69-58-57-64(3,4)5)61(65)55-53-51-49-47-45-43-41-39-37-35-29-27-25-23-21-19-17-15-13-11-9-7-2/h8,10,14,16,20,22,26,28,31-32,34,36,45,47,53,55,60-61,65H,6-7,9,11-13,15,17-19,21,23-25,27,29-30,33,35,37-44,46,48-52,54,56-59H2,1-5H3,(H-,63,66,67,68)/b10-8-,16-14-,22-20-,28-26-,32-31-,36-34-,47-45+,55-53+. The first-order valence-electron chi connectivity index (χ1n) is 29.1. The van der Waals surface area contributed by atoms with Gasteiger partial charge in [-0.05, 0) is 83.5 Å². The van der Waals surface area contributed by atoms with Gasteiger partial charge < -0.3 is 28.8 Å². The van der Waals surface area contributed by atoms with Gasteiger partial charge in [-0.25, -0.2) is 0 Å². The Morgan fingerprint density at radius 3 is 1.31 bits per heavy atom. The second-order valence-electron chi connectivity index (χ2n) is 20.6. The van der Waals surface area contributed by atoms with E-state index < -0.39 is 26.6 Å². The number of likely N-dealkylation sites (N-methyl/N-ethyl adjacent to an activating group) is 1. The van der Waals surface area contributed by atoms with Gasteiger partial charge in [0.2, 0.25) is 5.91 Å². The molecule has 0 aromatic carbocycles. The monoisotopic (exact) mass is 1010 g/mol. The Morgan fingerprint density at radius 2 is 0.873 bits per heavy atom. The van der Waals surface area contributed by atoms with Crippen molar-refractivity contribution < 1.29 is 32.9 Å². The number of hydrogen-bond acceptors (Lipinski definition) is 6. The summed E-state index contributed by atoms with van der Waals surface area (Å²) in [6.45, 7) is 4.51. The van der Waals surface area contributed by atoms with Crippen molar-refractivity contribution in [1.82, 2.24) is 5.32 Å². The van der Waals surface area contributed by atoms with Crippen LogP contribution in [-0.2, 0) is 18.4 Å². The number of quaternary nitrogens is 1. The first-order chi connectivity index (χ1) is 34.5. The van der Waals surface area contributed by atoms with E-state index in [2.05, 4.69) is 104 Å². The Balaban J connectivity index is 4.30. The molecule has 0 aliphatic rings. The molecule has 0 bridgehead atoms. The average molecular weight is 1010 g/mol. The third-order valence-corrected chi connectivity index (χ3v) is 13.5. The minimum Gasteiger partial charge on any atom is -0.756 e. The number of rotatable bonds is 52. The van der Waals surface area contributed by atoms with Gasteiger partial charge >= 0.3 is 0 Å². The van der Waals surface area contributed by atoms with Crippen LogP contribution in [0.1, 0.15) is 239 Å². The van der Waals surface area contributed by atoms with Crippen molar-refractivity contribution in [2.75, 3.05) is 40.9 Å². The Morgan fingerprint density at radius 1 is 0.507 bits per heavy atom. The fourth-order valence-electron chi connectivity index (χ4n) is 8.00. The zero-order valence-corrected chi connectivity index (χ0v) is 47.5. The second kappa shape index (κ2) is 52.3. The van der Waals surface area contributed by atoms with Crippen LogP contribution >= 0.6 is 7.82 Å². The number of nitrogens with zero attached hydrogens (tertiary/aromatic N) is 1. The minimum absolute atomic E-state index is 0.0128. The molecule has 0 aromatic heterocycles. The van der Waals surface area contributed by atoms with Crippen molar-refractivity contribution in [1.29, 1.82) is 0 Å². The van der Waals surface area contributed by atoms with Gasteiger partial charge in [0.15, 0.2) is 0 Å². The van der Waals surface area contributed by atoms with E-state index >= 15 is 0 Å². The summed E-state index contributed by atoms with van der Waals surface area (Å²) in [5.41, 5.74) is 0. The Bertz CT molecular complexity index is 1470. The molecule has 0 saturated heterocycles. The summed E-state index contributed by atoms with van der Waals surface area (Å²) in [5.74, 6) is -0.218. The van der Waals surface area contributed by atoms with Crippen molar-refractivity contribution in [2.45, 2.75) is 251 Å². The number of nitrogens with one attached hydrogen (secondary N) is 1. The molecule has 0 aliphatic carbocycles. The highest BCUT2D eigenvalue weighted by molar-refractivity contribution is 7.45.